The van der Waals surface area contributed by atoms with Gasteiger partial charge in [-0.25, -0.2) is 9.59 Å². The van der Waals surface area contributed by atoms with Gasteiger partial charge in [-0.3, -0.25) is 9.35 Å². The Kier molecular flexibility index (Phi) is 9.03. The number of aromatic carboxylic acids is 1. The van der Waals surface area contributed by atoms with Crippen LogP contribution >= 0.6 is 0 Å². The standard InChI is InChI=1S/C22H24B4O9S/c23-6-13-14(7-24)16(9-26)19(18(20(27)28)15(13)8-25)22(30)35-17-5-10-3-11(17)4-12(10)21(29)34-1-2-36(31,32)33/h10-12,17H,1-9H2,(H,27,28)(H,31,32,33). The van der Waals surface area contributed by atoms with Crippen LogP contribution in [0.3, 0.4) is 0 Å². The van der Waals surface area contributed by atoms with Crippen LogP contribution in [0.25, 0.3) is 0 Å². The Hall–Kier alpha value is -2.20. The fourth-order valence-corrected chi connectivity index (χ4v) is 5.87. The Morgan fingerprint density at radius 2 is 1.39 bits per heavy atom. The zero-order valence-corrected chi connectivity index (χ0v) is 20.5. The average molecular weight is 508 g/mol. The molecule has 184 valence electrons. The smallest absolute Gasteiger partial charge is 0.339 e. The van der Waals surface area contributed by atoms with E-state index in [2.05, 4.69) is 0 Å². The van der Waals surface area contributed by atoms with Crippen molar-refractivity contribution in [2.75, 3.05) is 12.4 Å². The van der Waals surface area contributed by atoms with Crippen molar-refractivity contribution < 1.29 is 41.9 Å². The minimum atomic E-state index is -4.24. The number of ether oxygens (including phenoxy) is 2. The van der Waals surface area contributed by atoms with Gasteiger partial charge >= 0.3 is 17.9 Å². The first-order valence-corrected chi connectivity index (χ1v) is 13.1. The van der Waals surface area contributed by atoms with Gasteiger partial charge in [0, 0.05) is 0 Å². The lowest BCUT2D eigenvalue weighted by Gasteiger charge is -2.28. The molecule has 2 N–H and O–H groups in total. The summed E-state index contributed by atoms with van der Waals surface area (Å²) < 4.78 is 41.1. The van der Waals surface area contributed by atoms with E-state index in [-0.39, 0.29) is 59.4 Å². The Morgan fingerprint density at radius 1 is 0.833 bits per heavy atom. The molecule has 0 heterocycles. The second kappa shape index (κ2) is 11.5. The van der Waals surface area contributed by atoms with Crippen LogP contribution in [0.1, 0.15) is 62.2 Å². The normalized spacial score (nSPS) is 22.9. The van der Waals surface area contributed by atoms with Crippen LogP contribution in [0.4, 0.5) is 0 Å². The van der Waals surface area contributed by atoms with E-state index in [9.17, 15) is 27.9 Å². The lowest BCUT2D eigenvalue weighted by atomic mass is 9.72. The molecule has 2 bridgehead atoms. The van der Waals surface area contributed by atoms with E-state index < -0.39 is 52.4 Å². The van der Waals surface area contributed by atoms with Crippen molar-refractivity contribution in [3.05, 3.63) is 33.4 Å². The van der Waals surface area contributed by atoms with E-state index in [0.29, 0.717) is 30.4 Å². The van der Waals surface area contributed by atoms with Gasteiger partial charge in [0.2, 0.25) is 0 Å². The summed E-state index contributed by atoms with van der Waals surface area (Å²) in [5, 5.41) is 9.93. The number of benzene rings is 1. The number of rotatable bonds is 11. The van der Waals surface area contributed by atoms with Gasteiger partial charge in [0.05, 0.1) is 48.4 Å². The molecule has 3 rings (SSSR count). The number of carbonyl (C=O) groups is 3. The number of carbonyl (C=O) groups excluding carboxylic acids is 2. The number of hydrogen-bond donors (Lipinski definition) is 2. The van der Waals surface area contributed by atoms with Gasteiger partial charge in [-0.2, -0.15) is 8.42 Å². The summed E-state index contributed by atoms with van der Waals surface area (Å²) in [5.74, 6) is -4.24. The monoisotopic (exact) mass is 508 g/mol. The highest BCUT2D eigenvalue weighted by Gasteiger charge is 2.51. The third-order valence-corrected chi connectivity index (χ3v) is 7.80. The van der Waals surface area contributed by atoms with Crippen molar-refractivity contribution in [2.45, 2.75) is 50.6 Å². The summed E-state index contributed by atoms with van der Waals surface area (Å²) in [6.07, 6.45) is 0.385. The first kappa shape index (κ1) is 28.4. The lowest BCUT2D eigenvalue weighted by molar-refractivity contribution is -0.150. The van der Waals surface area contributed by atoms with Gasteiger partial charge in [-0.05, 0) is 42.2 Å². The molecule has 36 heavy (non-hydrogen) atoms. The highest BCUT2D eigenvalue weighted by molar-refractivity contribution is 7.85. The van der Waals surface area contributed by atoms with Crippen LogP contribution in [-0.4, -0.2) is 85.8 Å². The Labute approximate surface area is 215 Å². The van der Waals surface area contributed by atoms with Crippen LogP contribution in [0.15, 0.2) is 0 Å². The quantitative estimate of drug-likeness (QED) is 0.241. The number of carboxylic acids is 1. The molecule has 2 aliphatic rings. The van der Waals surface area contributed by atoms with Crippen molar-refractivity contribution in [3.8, 4) is 0 Å². The van der Waals surface area contributed by atoms with Gasteiger partial charge in [0.1, 0.15) is 18.5 Å². The first-order chi connectivity index (χ1) is 17.0. The topological polar surface area (TPSA) is 144 Å². The maximum atomic E-state index is 13.3. The molecule has 2 saturated carbocycles. The maximum Gasteiger partial charge on any atom is 0.339 e. The zero-order chi connectivity index (χ0) is 26.8. The molecule has 1 aromatic carbocycles. The SMILES string of the molecule is [B]Cc1c(C[B])c(C[B])c(C(=O)OC2CC3CC2CC3C(=O)OCCS(=O)(=O)O)c(C(=O)O)c1C[B]. The third-order valence-electron chi connectivity index (χ3n) is 7.12. The van der Waals surface area contributed by atoms with E-state index in [1.165, 1.54) is 0 Å². The number of esters is 2. The molecule has 14 heteroatoms. The predicted octanol–water partition coefficient (Wildman–Crippen LogP) is 0.0613. The summed E-state index contributed by atoms with van der Waals surface area (Å²) in [5.41, 5.74) is 0.884. The average Bonchev–Trinajstić information content (AvgIpc) is 3.41. The van der Waals surface area contributed by atoms with Crippen molar-refractivity contribution in [1.82, 2.24) is 0 Å². The first-order valence-electron chi connectivity index (χ1n) is 11.5. The van der Waals surface area contributed by atoms with Gasteiger partial charge in [-0.15, -0.1) is 0 Å². The van der Waals surface area contributed by atoms with Crippen LogP contribution < -0.4 is 0 Å². The highest BCUT2D eigenvalue weighted by Crippen LogP contribution is 2.50. The second-order valence-corrected chi connectivity index (χ2v) is 10.6. The van der Waals surface area contributed by atoms with Gasteiger partial charge in [0.25, 0.3) is 10.1 Å². The molecular formula is C22H24B4O9S. The molecule has 1 aromatic rings. The summed E-state index contributed by atoms with van der Waals surface area (Å²) >= 11 is 0. The molecule has 8 radical (unpaired) electrons. The summed E-state index contributed by atoms with van der Waals surface area (Å²) in [4.78, 5) is 37.9. The molecule has 4 atom stereocenters. The maximum absolute atomic E-state index is 13.3. The molecular weight excluding hydrogens is 484 g/mol. The van der Waals surface area contributed by atoms with E-state index in [1.54, 1.807) is 0 Å². The Morgan fingerprint density at radius 3 is 1.83 bits per heavy atom. The molecule has 9 nitrogen and oxygen atoms in total. The Bertz CT molecular complexity index is 1150. The zero-order valence-electron chi connectivity index (χ0n) is 19.6. The predicted molar refractivity (Wildman–Crippen MR) is 132 cm³/mol. The summed E-state index contributed by atoms with van der Waals surface area (Å²) in [6.45, 7) is -0.449. The molecule has 0 aliphatic heterocycles. The van der Waals surface area contributed by atoms with E-state index in [4.69, 9.17) is 45.4 Å². The van der Waals surface area contributed by atoms with Gasteiger partial charge < -0.3 is 14.6 Å². The van der Waals surface area contributed by atoms with Crippen molar-refractivity contribution in [2.24, 2.45) is 17.8 Å². The number of carboxylic acid groups (broad SMARTS) is 1. The lowest BCUT2D eigenvalue weighted by Crippen LogP contribution is -2.33. The second-order valence-electron chi connectivity index (χ2n) is 9.02. The molecule has 2 fully saturated rings. The molecule has 2 aliphatic carbocycles. The highest BCUT2D eigenvalue weighted by atomic mass is 32.2. The van der Waals surface area contributed by atoms with Crippen LogP contribution in [-0.2, 0) is 49.7 Å². The van der Waals surface area contributed by atoms with Crippen molar-refractivity contribution in [1.29, 1.82) is 0 Å². The molecule has 0 amide bonds. The molecule has 0 aromatic heterocycles. The minimum Gasteiger partial charge on any atom is -0.478 e. The summed E-state index contributed by atoms with van der Waals surface area (Å²) in [7, 11) is 19.2. The molecule has 4 unspecified atom stereocenters. The van der Waals surface area contributed by atoms with Crippen LogP contribution in [0.2, 0.25) is 0 Å². The number of hydrogen-bond acceptors (Lipinski definition) is 7. The minimum absolute atomic E-state index is 0.0260. The van der Waals surface area contributed by atoms with Crippen LogP contribution in [0, 0.1) is 17.8 Å². The fourth-order valence-electron chi connectivity index (χ4n) is 5.58. The number of fused-ring (bicyclic) bond motifs is 2. The van der Waals surface area contributed by atoms with Crippen molar-refractivity contribution in [3.63, 3.8) is 0 Å². The summed E-state index contributed by atoms with van der Waals surface area (Å²) in [6, 6.07) is 0. The Balaban J connectivity index is 1.80. The largest absolute Gasteiger partial charge is 0.478 e. The molecule has 0 saturated heterocycles. The fraction of sp³-hybridized carbons (Fsp3) is 0.591. The van der Waals surface area contributed by atoms with Crippen molar-refractivity contribution >= 4 is 59.4 Å². The molecule has 0 spiro atoms. The van der Waals surface area contributed by atoms with Gasteiger partial charge in [-0.1, -0.05) is 36.4 Å². The van der Waals surface area contributed by atoms with E-state index >= 15 is 0 Å². The van der Waals surface area contributed by atoms with Gasteiger partial charge in [0.15, 0.2) is 0 Å². The van der Waals surface area contributed by atoms with Crippen LogP contribution in [0.5, 0.6) is 0 Å². The van der Waals surface area contributed by atoms with E-state index in [1.807, 2.05) is 0 Å². The van der Waals surface area contributed by atoms with E-state index in [0.717, 1.165) is 0 Å². The third kappa shape index (κ3) is 5.69.